The van der Waals surface area contributed by atoms with E-state index in [-0.39, 0.29) is 5.91 Å². The Hall–Kier alpha value is -1.84. The first-order valence-electron chi connectivity index (χ1n) is 5.16. The normalized spacial score (nSPS) is 18.8. The Labute approximate surface area is 93.5 Å². The van der Waals surface area contributed by atoms with E-state index in [0.717, 1.165) is 0 Å². The van der Waals surface area contributed by atoms with Gasteiger partial charge in [-0.15, -0.1) is 0 Å². The van der Waals surface area contributed by atoms with Gasteiger partial charge in [-0.3, -0.25) is 4.79 Å². The number of amides is 1. The van der Waals surface area contributed by atoms with E-state index in [0.29, 0.717) is 18.5 Å². The number of carboxylic acids is 1. The number of carbonyl (C=O) groups is 2. The summed E-state index contributed by atoms with van der Waals surface area (Å²) in [7, 11) is 0. The second-order valence-electron chi connectivity index (χ2n) is 4.04. The van der Waals surface area contributed by atoms with Gasteiger partial charge in [0, 0.05) is 13.0 Å². The monoisotopic (exact) mass is 219 g/mol. The summed E-state index contributed by atoms with van der Waals surface area (Å²) in [5.74, 6) is -1.10. The van der Waals surface area contributed by atoms with E-state index in [1.807, 2.05) is 6.07 Å². The number of carboxylic acid groups (broad SMARTS) is 1. The van der Waals surface area contributed by atoms with Crippen molar-refractivity contribution in [1.29, 1.82) is 0 Å². The lowest BCUT2D eigenvalue weighted by molar-refractivity contribution is -0.166. The zero-order valence-corrected chi connectivity index (χ0v) is 9.01. The fraction of sp³-hybridized carbons (Fsp3) is 0.333. The van der Waals surface area contributed by atoms with E-state index in [4.69, 9.17) is 0 Å². The molecule has 1 aliphatic rings. The maximum Gasteiger partial charge on any atom is 0.334 e. The highest BCUT2D eigenvalue weighted by atomic mass is 16.4. The van der Waals surface area contributed by atoms with E-state index in [1.165, 1.54) is 4.90 Å². The fourth-order valence-corrected chi connectivity index (χ4v) is 1.95. The summed E-state index contributed by atoms with van der Waals surface area (Å²) in [6.07, 6.45) is 0.440. The average molecular weight is 219 g/mol. The van der Waals surface area contributed by atoms with E-state index in [2.05, 4.69) is 0 Å². The third-order valence-corrected chi connectivity index (χ3v) is 3.14. The Morgan fingerprint density at radius 2 is 2.00 bits per heavy atom. The molecule has 1 aliphatic heterocycles. The average Bonchev–Trinajstić information content (AvgIpc) is 2.27. The van der Waals surface area contributed by atoms with E-state index in [9.17, 15) is 14.7 Å². The van der Waals surface area contributed by atoms with Crippen LogP contribution in [-0.4, -0.2) is 28.4 Å². The summed E-state index contributed by atoms with van der Waals surface area (Å²) in [5.41, 5.74) is -0.605. The molecule has 0 spiro atoms. The number of hydrogen-bond donors (Lipinski definition) is 1. The van der Waals surface area contributed by atoms with Gasteiger partial charge in [-0.2, -0.15) is 0 Å². The van der Waals surface area contributed by atoms with Gasteiger partial charge in [0.05, 0.1) is 0 Å². The molecule has 84 valence electrons. The number of β-lactam (4-membered cyclic amide) rings is 1. The third kappa shape index (κ3) is 1.38. The molecule has 1 heterocycles. The van der Waals surface area contributed by atoms with Gasteiger partial charge in [0.1, 0.15) is 0 Å². The molecule has 1 atom stereocenters. The molecule has 1 saturated heterocycles. The summed E-state index contributed by atoms with van der Waals surface area (Å²) in [6.45, 7) is 2.08. The maximum atomic E-state index is 11.4. The fourth-order valence-electron chi connectivity index (χ4n) is 1.95. The molecule has 2 rings (SSSR count). The molecular weight excluding hydrogens is 206 g/mol. The minimum Gasteiger partial charge on any atom is -0.479 e. The molecule has 1 fully saturated rings. The number of aliphatic carboxylic acids is 1. The van der Waals surface area contributed by atoms with Crippen molar-refractivity contribution < 1.29 is 14.7 Å². The molecule has 0 radical (unpaired) electrons. The summed E-state index contributed by atoms with van der Waals surface area (Å²) in [5, 5.41) is 9.35. The van der Waals surface area contributed by atoms with Gasteiger partial charge < -0.3 is 10.0 Å². The van der Waals surface area contributed by atoms with Crippen molar-refractivity contribution in [3.8, 4) is 0 Å². The number of hydrogen-bond acceptors (Lipinski definition) is 2. The summed E-state index contributed by atoms with van der Waals surface area (Å²) in [6, 6.07) is 8.85. The second-order valence-corrected chi connectivity index (χ2v) is 4.04. The van der Waals surface area contributed by atoms with Gasteiger partial charge in [-0.05, 0) is 12.5 Å². The molecule has 0 saturated carbocycles. The maximum absolute atomic E-state index is 11.4. The van der Waals surface area contributed by atoms with E-state index >= 15 is 0 Å². The third-order valence-electron chi connectivity index (χ3n) is 3.14. The SMILES string of the molecule is CC(C(=O)O)(c1ccccc1)N1CCC1=O. The Bertz CT molecular complexity index is 429. The van der Waals surface area contributed by atoms with Crippen LogP contribution in [0.25, 0.3) is 0 Å². The van der Waals surface area contributed by atoms with Crippen LogP contribution in [0.4, 0.5) is 0 Å². The predicted molar refractivity (Wildman–Crippen MR) is 57.8 cm³/mol. The zero-order valence-electron chi connectivity index (χ0n) is 9.01. The van der Waals surface area contributed by atoms with E-state index in [1.54, 1.807) is 31.2 Å². The molecule has 1 N–H and O–H groups in total. The second kappa shape index (κ2) is 3.63. The van der Waals surface area contributed by atoms with Crippen LogP contribution in [0.15, 0.2) is 30.3 Å². The highest BCUT2D eigenvalue weighted by Gasteiger charge is 2.47. The number of likely N-dealkylation sites (tertiary alicyclic amines) is 1. The lowest BCUT2D eigenvalue weighted by Gasteiger charge is -2.43. The molecule has 0 aromatic heterocycles. The molecule has 1 amide bonds. The molecule has 1 aromatic rings. The number of nitrogens with zero attached hydrogens (tertiary/aromatic N) is 1. The number of rotatable bonds is 3. The van der Waals surface area contributed by atoms with Crippen LogP contribution in [0, 0.1) is 0 Å². The van der Waals surface area contributed by atoms with Gasteiger partial charge in [0.15, 0.2) is 5.54 Å². The summed E-state index contributed by atoms with van der Waals surface area (Å²) in [4.78, 5) is 24.2. The van der Waals surface area contributed by atoms with Crippen LogP contribution in [0.3, 0.4) is 0 Å². The van der Waals surface area contributed by atoms with Crippen molar-refractivity contribution >= 4 is 11.9 Å². The molecule has 0 aliphatic carbocycles. The van der Waals surface area contributed by atoms with Crippen LogP contribution in [0.1, 0.15) is 18.9 Å². The Balaban J connectivity index is 2.44. The molecule has 1 aromatic carbocycles. The van der Waals surface area contributed by atoms with E-state index < -0.39 is 11.5 Å². The Kier molecular flexibility index (Phi) is 2.42. The minimum atomic E-state index is -1.24. The topological polar surface area (TPSA) is 57.6 Å². The van der Waals surface area contributed by atoms with Crippen molar-refractivity contribution in [2.45, 2.75) is 18.9 Å². The van der Waals surface area contributed by atoms with Gasteiger partial charge in [-0.25, -0.2) is 4.79 Å². The molecule has 16 heavy (non-hydrogen) atoms. The standard InChI is InChI=1S/C12H13NO3/c1-12(11(15)16,13-8-7-10(13)14)9-5-3-2-4-6-9/h2-6H,7-8H2,1H3,(H,15,16). The highest BCUT2D eigenvalue weighted by molar-refractivity contribution is 5.91. The van der Waals surface area contributed by atoms with Crippen LogP contribution in [-0.2, 0) is 15.1 Å². The van der Waals surface area contributed by atoms with Gasteiger partial charge in [0.2, 0.25) is 5.91 Å². The van der Waals surface area contributed by atoms with Gasteiger partial charge in [-0.1, -0.05) is 30.3 Å². The molecule has 0 bridgehead atoms. The molecule has 4 nitrogen and oxygen atoms in total. The van der Waals surface area contributed by atoms with Crippen molar-refractivity contribution in [1.82, 2.24) is 4.90 Å². The lowest BCUT2D eigenvalue weighted by Crippen LogP contribution is -2.59. The minimum absolute atomic E-state index is 0.103. The first-order chi connectivity index (χ1) is 7.56. The van der Waals surface area contributed by atoms with Crippen LogP contribution >= 0.6 is 0 Å². The van der Waals surface area contributed by atoms with Gasteiger partial charge in [0.25, 0.3) is 0 Å². The highest BCUT2D eigenvalue weighted by Crippen LogP contribution is 2.33. The van der Waals surface area contributed by atoms with Crippen molar-refractivity contribution in [3.05, 3.63) is 35.9 Å². The first kappa shape index (κ1) is 10.7. The van der Waals surface area contributed by atoms with Crippen molar-refractivity contribution in [2.75, 3.05) is 6.54 Å². The van der Waals surface area contributed by atoms with Gasteiger partial charge >= 0.3 is 5.97 Å². The molecule has 1 unspecified atom stereocenters. The zero-order chi connectivity index (χ0) is 11.8. The Morgan fingerprint density at radius 1 is 1.38 bits per heavy atom. The summed E-state index contributed by atoms with van der Waals surface area (Å²) < 4.78 is 0. The smallest absolute Gasteiger partial charge is 0.334 e. The van der Waals surface area contributed by atoms with Crippen molar-refractivity contribution in [2.24, 2.45) is 0 Å². The predicted octanol–water partition coefficient (Wildman–Crippen LogP) is 1.22. The summed E-state index contributed by atoms with van der Waals surface area (Å²) >= 11 is 0. The van der Waals surface area contributed by atoms with Crippen LogP contribution in [0.2, 0.25) is 0 Å². The molecular formula is C12H13NO3. The van der Waals surface area contributed by atoms with Crippen LogP contribution < -0.4 is 0 Å². The molecule has 4 heteroatoms. The number of benzene rings is 1. The largest absolute Gasteiger partial charge is 0.479 e. The van der Waals surface area contributed by atoms with Crippen molar-refractivity contribution in [3.63, 3.8) is 0 Å². The quantitative estimate of drug-likeness (QED) is 0.777. The lowest BCUT2D eigenvalue weighted by atomic mass is 9.87. The number of carbonyl (C=O) groups excluding carboxylic acids is 1. The Morgan fingerprint density at radius 3 is 2.38 bits per heavy atom. The van der Waals surface area contributed by atoms with Crippen LogP contribution in [0.5, 0.6) is 0 Å². The first-order valence-corrected chi connectivity index (χ1v) is 5.16.